The average Bonchev–Trinajstić information content (AvgIpc) is 3.16. The molecule has 298 valence electrons. The summed E-state index contributed by atoms with van der Waals surface area (Å²) < 4.78 is 40.2. The summed E-state index contributed by atoms with van der Waals surface area (Å²) in [5.41, 5.74) is 1.76. The van der Waals surface area contributed by atoms with Gasteiger partial charge in [-0.1, -0.05) is 18.2 Å². The molecule has 10 N–H and O–H groups in total. The lowest BCUT2D eigenvalue weighted by molar-refractivity contribution is -0.352. The zero-order valence-electron chi connectivity index (χ0n) is 29.0. The lowest BCUT2D eigenvalue weighted by Gasteiger charge is -2.47. The standard InChI is InChI=1S/C34H50N2O17/c1-15-24(40)31(53-34-29(45)28(44)25(41)20(12-38)51-34)27(43)22(48-15)14-47-33-30(46)32(26(42)21(13-39)50-33)52-23-10-36(9-18(11-37)49-23)8-16-6-17-4-2-3-5-19(17)35-7-16/h2-7,15,18,20-34,37-46H,8-14H2,1H3. The van der Waals surface area contributed by atoms with Gasteiger partial charge in [0, 0.05) is 31.2 Å². The number of para-hydroxylation sites is 1. The van der Waals surface area contributed by atoms with Crippen molar-refractivity contribution in [2.45, 2.75) is 118 Å². The summed E-state index contributed by atoms with van der Waals surface area (Å²) in [6.45, 7) is 0.275. The first kappa shape index (κ1) is 40.6. The molecule has 53 heavy (non-hydrogen) atoms. The predicted molar refractivity (Wildman–Crippen MR) is 176 cm³/mol. The quantitative estimate of drug-likeness (QED) is 0.0973. The highest BCUT2D eigenvalue weighted by molar-refractivity contribution is 5.78. The summed E-state index contributed by atoms with van der Waals surface area (Å²) in [5, 5.41) is 105. The van der Waals surface area contributed by atoms with Crippen molar-refractivity contribution < 1.29 is 84.2 Å². The van der Waals surface area contributed by atoms with Crippen LogP contribution in [0, 0.1) is 0 Å². The number of morpholine rings is 1. The van der Waals surface area contributed by atoms with Crippen LogP contribution >= 0.6 is 0 Å². The van der Waals surface area contributed by atoms with Crippen molar-refractivity contribution >= 4 is 10.9 Å². The van der Waals surface area contributed by atoms with Crippen LogP contribution in [0.2, 0.25) is 0 Å². The average molecular weight is 759 g/mol. The molecule has 17 unspecified atom stereocenters. The van der Waals surface area contributed by atoms with E-state index in [1.165, 1.54) is 6.92 Å². The van der Waals surface area contributed by atoms with E-state index in [2.05, 4.69) is 4.98 Å². The first-order chi connectivity index (χ1) is 25.4. The van der Waals surface area contributed by atoms with Gasteiger partial charge < -0.3 is 84.2 Å². The van der Waals surface area contributed by atoms with Crippen LogP contribution < -0.4 is 0 Å². The maximum atomic E-state index is 11.3. The largest absolute Gasteiger partial charge is 0.394 e. The smallest absolute Gasteiger partial charge is 0.187 e. The van der Waals surface area contributed by atoms with Crippen molar-refractivity contribution in [2.24, 2.45) is 0 Å². The zero-order chi connectivity index (χ0) is 38.0. The molecule has 4 aliphatic heterocycles. The van der Waals surface area contributed by atoms with Crippen molar-refractivity contribution in [1.29, 1.82) is 0 Å². The van der Waals surface area contributed by atoms with Gasteiger partial charge in [-0.05, 0) is 24.6 Å². The number of hydrogen-bond acceptors (Lipinski definition) is 19. The molecular formula is C34H50N2O17. The van der Waals surface area contributed by atoms with Crippen LogP contribution in [0.25, 0.3) is 10.9 Å². The Morgan fingerprint density at radius 1 is 0.698 bits per heavy atom. The molecule has 1 aromatic carbocycles. The van der Waals surface area contributed by atoms with Gasteiger partial charge in [0.2, 0.25) is 0 Å². The van der Waals surface area contributed by atoms with E-state index in [0.29, 0.717) is 13.1 Å². The van der Waals surface area contributed by atoms with Crippen LogP contribution in [0.5, 0.6) is 0 Å². The van der Waals surface area contributed by atoms with Gasteiger partial charge in [0.1, 0.15) is 73.2 Å². The number of nitrogens with zero attached hydrogens (tertiary/aromatic N) is 2. The molecule has 6 rings (SSSR count). The maximum absolute atomic E-state index is 11.3. The maximum Gasteiger partial charge on any atom is 0.187 e. The molecule has 4 saturated heterocycles. The molecule has 17 atom stereocenters. The molecule has 0 saturated carbocycles. The van der Waals surface area contributed by atoms with Crippen LogP contribution in [0.1, 0.15) is 12.5 Å². The fourth-order valence-corrected chi connectivity index (χ4v) is 7.11. The number of aliphatic hydroxyl groups is 10. The minimum absolute atomic E-state index is 0.188. The number of aromatic nitrogens is 1. The monoisotopic (exact) mass is 758 g/mol. The molecule has 4 aliphatic rings. The van der Waals surface area contributed by atoms with Gasteiger partial charge >= 0.3 is 0 Å². The number of rotatable bonds is 12. The Bertz CT molecular complexity index is 1460. The lowest BCUT2D eigenvalue weighted by atomic mass is 9.94. The fraction of sp³-hybridized carbons (Fsp3) is 0.735. The van der Waals surface area contributed by atoms with Crippen molar-refractivity contribution in [3.63, 3.8) is 0 Å². The summed E-state index contributed by atoms with van der Waals surface area (Å²) in [4.78, 5) is 6.49. The summed E-state index contributed by atoms with van der Waals surface area (Å²) in [7, 11) is 0. The van der Waals surface area contributed by atoms with Crippen LogP contribution in [0.15, 0.2) is 36.5 Å². The van der Waals surface area contributed by atoms with Crippen molar-refractivity contribution in [1.82, 2.24) is 9.88 Å². The second-order valence-corrected chi connectivity index (χ2v) is 13.9. The zero-order valence-corrected chi connectivity index (χ0v) is 29.0. The molecule has 0 spiro atoms. The molecule has 0 amide bonds. The molecule has 1 aromatic heterocycles. The van der Waals surface area contributed by atoms with E-state index in [1.54, 1.807) is 6.20 Å². The normalized spacial score (nSPS) is 42.9. The van der Waals surface area contributed by atoms with Crippen LogP contribution in [-0.2, 0) is 39.7 Å². The van der Waals surface area contributed by atoms with Gasteiger partial charge in [0.25, 0.3) is 0 Å². The lowest BCUT2D eigenvalue weighted by Crippen LogP contribution is -2.65. The van der Waals surface area contributed by atoms with E-state index in [-0.39, 0.29) is 13.2 Å². The SMILES string of the molecule is CC1OC(COC2OC(CO)C(O)C(OC3CN(Cc4cnc5ccccc5c4)CC(CO)O3)C2O)C(O)C(OC2OC(CO)C(O)C(O)C2O)C1O. The van der Waals surface area contributed by atoms with Gasteiger partial charge in [-0.15, -0.1) is 0 Å². The summed E-state index contributed by atoms with van der Waals surface area (Å²) in [6, 6.07) is 9.71. The molecular weight excluding hydrogens is 708 g/mol. The first-order valence-electron chi connectivity index (χ1n) is 17.6. The fourth-order valence-electron chi connectivity index (χ4n) is 7.11. The highest BCUT2D eigenvalue weighted by Crippen LogP contribution is 2.32. The van der Waals surface area contributed by atoms with E-state index in [9.17, 15) is 51.1 Å². The summed E-state index contributed by atoms with van der Waals surface area (Å²) >= 11 is 0. The van der Waals surface area contributed by atoms with Gasteiger partial charge in [-0.2, -0.15) is 0 Å². The Hall–Kier alpha value is -2.09. The Morgan fingerprint density at radius 2 is 1.38 bits per heavy atom. The minimum atomic E-state index is -1.80. The molecule has 2 aromatic rings. The van der Waals surface area contributed by atoms with Gasteiger partial charge in [-0.3, -0.25) is 9.88 Å². The molecule has 5 heterocycles. The Kier molecular flexibility index (Phi) is 13.6. The second kappa shape index (κ2) is 17.8. The van der Waals surface area contributed by atoms with Crippen molar-refractivity contribution in [3.8, 4) is 0 Å². The molecule has 19 nitrogen and oxygen atoms in total. The van der Waals surface area contributed by atoms with Crippen LogP contribution in [-0.4, -0.2) is 205 Å². The minimum Gasteiger partial charge on any atom is -0.394 e. The molecule has 0 bridgehead atoms. The highest BCUT2D eigenvalue weighted by atomic mass is 16.7. The summed E-state index contributed by atoms with van der Waals surface area (Å²) in [6.07, 6.45) is -22.3. The Labute approximate surface area is 304 Å². The topological polar surface area (TPSA) is 283 Å². The van der Waals surface area contributed by atoms with Crippen LogP contribution in [0.4, 0.5) is 0 Å². The van der Waals surface area contributed by atoms with Gasteiger partial charge in [-0.25, -0.2) is 0 Å². The van der Waals surface area contributed by atoms with Crippen LogP contribution in [0.3, 0.4) is 0 Å². The number of aliphatic hydroxyl groups excluding tert-OH is 10. The second-order valence-electron chi connectivity index (χ2n) is 13.9. The summed E-state index contributed by atoms with van der Waals surface area (Å²) in [5.74, 6) is 0. The number of benzene rings is 1. The third-order valence-electron chi connectivity index (χ3n) is 10.1. The molecule has 19 heteroatoms. The third-order valence-corrected chi connectivity index (χ3v) is 10.1. The number of pyridine rings is 1. The van der Waals surface area contributed by atoms with E-state index in [1.807, 2.05) is 35.2 Å². The highest BCUT2D eigenvalue weighted by Gasteiger charge is 2.51. The number of hydrogen-bond donors (Lipinski definition) is 10. The first-order valence-corrected chi connectivity index (χ1v) is 17.6. The van der Waals surface area contributed by atoms with E-state index in [0.717, 1.165) is 16.5 Å². The predicted octanol–water partition coefficient (Wildman–Crippen LogP) is -4.71. The van der Waals surface area contributed by atoms with Crippen molar-refractivity contribution in [3.05, 3.63) is 42.1 Å². The van der Waals surface area contributed by atoms with E-state index >= 15 is 0 Å². The van der Waals surface area contributed by atoms with E-state index < -0.39 is 124 Å². The third kappa shape index (κ3) is 8.99. The van der Waals surface area contributed by atoms with Gasteiger partial charge in [0.05, 0.1) is 44.2 Å². The molecule has 4 fully saturated rings. The van der Waals surface area contributed by atoms with E-state index in [4.69, 9.17) is 33.2 Å². The molecule has 0 radical (unpaired) electrons. The van der Waals surface area contributed by atoms with Gasteiger partial charge in [0.15, 0.2) is 18.9 Å². The number of ether oxygens (including phenoxy) is 7. The van der Waals surface area contributed by atoms with Crippen molar-refractivity contribution in [2.75, 3.05) is 39.5 Å². The Morgan fingerprint density at radius 3 is 2.11 bits per heavy atom. The number of fused-ring (bicyclic) bond motifs is 1. The Balaban J connectivity index is 1.09. The molecule has 0 aliphatic carbocycles.